The van der Waals surface area contributed by atoms with Crippen LogP contribution < -0.4 is 10.6 Å². The molecule has 1 atom stereocenters. The third-order valence-electron chi connectivity index (χ3n) is 4.08. The molecule has 0 saturated carbocycles. The summed E-state index contributed by atoms with van der Waals surface area (Å²) in [7, 11) is -3.35. The van der Waals surface area contributed by atoms with Gasteiger partial charge >= 0.3 is 6.18 Å². The summed E-state index contributed by atoms with van der Waals surface area (Å²) in [6, 6.07) is -0.144. The average Bonchev–Trinajstić information content (AvgIpc) is 2.93. The number of aliphatic imine (C=N–C) groups is 1. The zero-order chi connectivity index (χ0) is 19.8. The van der Waals surface area contributed by atoms with Crippen LogP contribution in [0.5, 0.6) is 0 Å². The van der Waals surface area contributed by atoms with Gasteiger partial charge in [0, 0.05) is 38.8 Å². The monoisotopic (exact) mass is 401 g/mol. The van der Waals surface area contributed by atoms with Crippen LogP contribution in [0.2, 0.25) is 0 Å². The molecule has 154 valence electrons. The van der Waals surface area contributed by atoms with E-state index in [1.54, 1.807) is 13.8 Å². The zero-order valence-corrected chi connectivity index (χ0v) is 16.5. The van der Waals surface area contributed by atoms with E-state index in [1.807, 2.05) is 6.92 Å². The number of rotatable bonds is 9. The smallest absolute Gasteiger partial charge is 0.357 e. The highest BCUT2D eigenvalue weighted by molar-refractivity contribution is 7.89. The van der Waals surface area contributed by atoms with Crippen molar-refractivity contribution in [2.75, 3.05) is 51.6 Å². The Morgan fingerprint density at radius 3 is 2.46 bits per heavy atom. The lowest BCUT2D eigenvalue weighted by Crippen LogP contribution is -2.45. The van der Waals surface area contributed by atoms with Gasteiger partial charge in [0.25, 0.3) is 0 Å². The number of nitrogens with one attached hydrogen (secondary N) is 2. The second kappa shape index (κ2) is 10.3. The molecule has 0 aromatic rings. The van der Waals surface area contributed by atoms with E-state index in [9.17, 15) is 21.6 Å². The van der Waals surface area contributed by atoms with Gasteiger partial charge in [-0.2, -0.15) is 13.2 Å². The van der Waals surface area contributed by atoms with Crippen molar-refractivity contribution in [2.24, 2.45) is 4.99 Å². The maximum Gasteiger partial charge on any atom is 0.401 e. The van der Waals surface area contributed by atoms with Crippen LogP contribution in [-0.4, -0.2) is 87.4 Å². The van der Waals surface area contributed by atoms with E-state index >= 15 is 0 Å². The SMILES string of the molecule is CCNC(=NCCS(=O)(=O)N(CC)CC)NC1CCN(CC(F)(F)F)C1. The molecule has 1 aliphatic heterocycles. The quantitative estimate of drug-likeness (QED) is 0.443. The molecule has 1 fully saturated rings. The van der Waals surface area contributed by atoms with Gasteiger partial charge in [0.1, 0.15) is 0 Å². The van der Waals surface area contributed by atoms with Crippen LogP contribution in [0.1, 0.15) is 27.2 Å². The minimum Gasteiger partial charge on any atom is -0.357 e. The summed E-state index contributed by atoms with van der Waals surface area (Å²) >= 11 is 0. The molecule has 26 heavy (non-hydrogen) atoms. The molecule has 0 bridgehead atoms. The van der Waals surface area contributed by atoms with Gasteiger partial charge in [-0.15, -0.1) is 0 Å². The molecule has 0 aromatic heterocycles. The van der Waals surface area contributed by atoms with E-state index in [1.165, 1.54) is 9.21 Å². The Hall–Kier alpha value is -1.07. The van der Waals surface area contributed by atoms with E-state index in [0.29, 0.717) is 38.6 Å². The Morgan fingerprint density at radius 2 is 1.92 bits per heavy atom. The topological polar surface area (TPSA) is 77.0 Å². The Labute approximate surface area is 154 Å². The Kier molecular flexibility index (Phi) is 9.11. The van der Waals surface area contributed by atoms with Crippen molar-refractivity contribution in [3.05, 3.63) is 0 Å². The minimum atomic E-state index is -4.20. The lowest BCUT2D eigenvalue weighted by Gasteiger charge is -2.20. The molecule has 11 heteroatoms. The summed E-state index contributed by atoms with van der Waals surface area (Å²) < 4.78 is 63.1. The van der Waals surface area contributed by atoms with Crippen molar-refractivity contribution in [3.8, 4) is 0 Å². The normalized spacial score (nSPS) is 20.0. The third kappa shape index (κ3) is 8.09. The van der Waals surface area contributed by atoms with Crippen LogP contribution in [0.3, 0.4) is 0 Å². The fourth-order valence-corrected chi connectivity index (χ4v) is 4.25. The van der Waals surface area contributed by atoms with Crippen molar-refractivity contribution in [1.29, 1.82) is 0 Å². The number of likely N-dealkylation sites (tertiary alicyclic amines) is 1. The van der Waals surface area contributed by atoms with Crippen LogP contribution in [0.4, 0.5) is 13.2 Å². The molecular formula is C15H30F3N5O2S. The van der Waals surface area contributed by atoms with Crippen molar-refractivity contribution >= 4 is 16.0 Å². The molecule has 0 aliphatic carbocycles. The van der Waals surface area contributed by atoms with Gasteiger partial charge < -0.3 is 10.6 Å². The summed E-state index contributed by atoms with van der Waals surface area (Å²) in [6.07, 6.45) is -3.62. The molecule has 0 spiro atoms. The van der Waals surface area contributed by atoms with E-state index in [4.69, 9.17) is 0 Å². The van der Waals surface area contributed by atoms with Gasteiger partial charge in [-0.1, -0.05) is 13.8 Å². The number of hydrogen-bond acceptors (Lipinski definition) is 4. The van der Waals surface area contributed by atoms with E-state index in [-0.39, 0.29) is 24.9 Å². The number of halogens is 3. The maximum absolute atomic E-state index is 12.5. The highest BCUT2D eigenvalue weighted by Crippen LogP contribution is 2.19. The molecule has 0 radical (unpaired) electrons. The first-order valence-corrected chi connectivity index (χ1v) is 10.5. The van der Waals surface area contributed by atoms with E-state index < -0.39 is 22.7 Å². The summed E-state index contributed by atoms with van der Waals surface area (Å²) in [5.41, 5.74) is 0. The number of hydrogen-bond donors (Lipinski definition) is 2. The van der Waals surface area contributed by atoms with Gasteiger partial charge in [0.05, 0.1) is 18.8 Å². The molecule has 7 nitrogen and oxygen atoms in total. The first kappa shape index (κ1) is 23.0. The molecule has 0 amide bonds. The van der Waals surface area contributed by atoms with Crippen molar-refractivity contribution in [2.45, 2.75) is 39.4 Å². The van der Waals surface area contributed by atoms with Crippen LogP contribution in [0.25, 0.3) is 0 Å². The third-order valence-corrected chi connectivity index (χ3v) is 6.08. The minimum absolute atomic E-state index is 0.0904. The van der Waals surface area contributed by atoms with Crippen LogP contribution >= 0.6 is 0 Å². The summed E-state index contributed by atoms with van der Waals surface area (Å²) in [5.74, 6) is 0.331. The molecule has 0 aromatic carbocycles. The molecular weight excluding hydrogens is 371 g/mol. The first-order chi connectivity index (χ1) is 12.1. The fraction of sp³-hybridized carbons (Fsp3) is 0.933. The lowest BCUT2D eigenvalue weighted by molar-refractivity contribution is -0.143. The molecule has 1 rings (SSSR count). The van der Waals surface area contributed by atoms with Crippen LogP contribution in [0.15, 0.2) is 4.99 Å². The first-order valence-electron chi connectivity index (χ1n) is 8.93. The van der Waals surface area contributed by atoms with Gasteiger partial charge in [-0.05, 0) is 13.3 Å². The second-order valence-corrected chi connectivity index (χ2v) is 8.23. The zero-order valence-electron chi connectivity index (χ0n) is 15.6. The summed E-state index contributed by atoms with van der Waals surface area (Å²) in [6.45, 7) is 6.66. The molecule has 1 unspecified atom stereocenters. The predicted octanol–water partition coefficient (Wildman–Crippen LogP) is 0.850. The van der Waals surface area contributed by atoms with Crippen molar-refractivity contribution in [1.82, 2.24) is 19.8 Å². The van der Waals surface area contributed by atoms with Gasteiger partial charge in [-0.25, -0.2) is 12.7 Å². The Bertz CT molecular complexity index is 550. The molecule has 1 saturated heterocycles. The fourth-order valence-electron chi connectivity index (χ4n) is 2.88. The predicted molar refractivity (Wildman–Crippen MR) is 96.7 cm³/mol. The van der Waals surface area contributed by atoms with Crippen LogP contribution in [0, 0.1) is 0 Å². The number of sulfonamides is 1. The second-order valence-electron chi connectivity index (χ2n) is 6.14. The number of guanidine groups is 1. The maximum atomic E-state index is 12.5. The van der Waals surface area contributed by atoms with Crippen molar-refractivity contribution in [3.63, 3.8) is 0 Å². The molecule has 1 aliphatic rings. The summed E-state index contributed by atoms with van der Waals surface area (Å²) in [5, 5.41) is 6.10. The number of alkyl halides is 3. The lowest BCUT2D eigenvalue weighted by atomic mass is 10.3. The highest BCUT2D eigenvalue weighted by Gasteiger charge is 2.34. The molecule has 2 N–H and O–H groups in total. The van der Waals surface area contributed by atoms with Gasteiger partial charge in [0.2, 0.25) is 10.0 Å². The van der Waals surface area contributed by atoms with Crippen molar-refractivity contribution < 1.29 is 21.6 Å². The van der Waals surface area contributed by atoms with E-state index in [0.717, 1.165) is 0 Å². The van der Waals surface area contributed by atoms with Gasteiger partial charge in [-0.3, -0.25) is 9.89 Å². The molecule has 1 heterocycles. The highest BCUT2D eigenvalue weighted by atomic mass is 32.2. The Morgan fingerprint density at radius 1 is 1.27 bits per heavy atom. The number of nitrogens with zero attached hydrogens (tertiary/aromatic N) is 3. The standard InChI is InChI=1S/C15H30F3N5O2S/c1-4-19-14(20-8-10-26(24,25)23(5-2)6-3)21-13-7-9-22(11-13)12-15(16,17)18/h13H,4-12H2,1-3H3,(H2,19,20,21). The van der Waals surface area contributed by atoms with E-state index in [2.05, 4.69) is 15.6 Å². The summed E-state index contributed by atoms with van der Waals surface area (Å²) in [4.78, 5) is 5.61. The largest absolute Gasteiger partial charge is 0.401 e. The average molecular weight is 401 g/mol. The van der Waals surface area contributed by atoms with Crippen LogP contribution in [-0.2, 0) is 10.0 Å². The van der Waals surface area contributed by atoms with Gasteiger partial charge in [0.15, 0.2) is 5.96 Å². The Balaban J connectivity index is 2.57.